The number of anilines is 1. The summed E-state index contributed by atoms with van der Waals surface area (Å²) in [6.45, 7) is 4.67. The number of carbonyl (C=O) groups excluding carboxylic acids is 2. The largest absolute Gasteiger partial charge is 0.507 e. The first-order chi connectivity index (χ1) is 19.8. The number of thiazole rings is 1. The van der Waals surface area contributed by atoms with Crippen molar-refractivity contribution in [2.75, 3.05) is 11.5 Å². The fourth-order valence-corrected chi connectivity index (χ4v) is 6.64. The van der Waals surface area contributed by atoms with Gasteiger partial charge in [0, 0.05) is 17.0 Å². The van der Waals surface area contributed by atoms with E-state index in [1.165, 1.54) is 16.2 Å². The third-order valence-electron chi connectivity index (χ3n) is 7.35. The summed E-state index contributed by atoms with van der Waals surface area (Å²) in [5, 5.41) is 12.5. The highest BCUT2D eigenvalue weighted by Crippen LogP contribution is 2.45. The number of ether oxygens (including phenoxy) is 2. The molecule has 210 valence electrons. The van der Waals surface area contributed by atoms with Crippen LogP contribution in [0.3, 0.4) is 0 Å². The average molecular weight is 589 g/mol. The Morgan fingerprint density at radius 3 is 2.83 bits per heavy atom. The summed E-state index contributed by atoms with van der Waals surface area (Å²) < 4.78 is 12.6. The summed E-state index contributed by atoms with van der Waals surface area (Å²) in [5.41, 5.74) is 2.69. The zero-order valence-corrected chi connectivity index (χ0v) is 24.3. The molecule has 0 unspecified atom stereocenters. The summed E-state index contributed by atoms with van der Waals surface area (Å²) in [6, 6.07) is 17.0. The van der Waals surface area contributed by atoms with Gasteiger partial charge in [-0.05, 0) is 73.0 Å². The van der Waals surface area contributed by atoms with Crippen LogP contribution in [0.1, 0.15) is 55.8 Å². The SMILES string of the molecule is CCCCCOc1cccc([C@@H]2C(=C(O)c3ccc4c(c3)C[C@H](C)O4)C(=O)C(=O)N2c2nc3ccc(Cl)cc3s2)c1. The van der Waals surface area contributed by atoms with Gasteiger partial charge in [0.15, 0.2) is 5.13 Å². The third-order valence-corrected chi connectivity index (χ3v) is 8.60. The predicted octanol–water partition coefficient (Wildman–Crippen LogP) is 7.47. The Hall–Kier alpha value is -3.88. The van der Waals surface area contributed by atoms with Crippen LogP contribution in [0.25, 0.3) is 16.0 Å². The van der Waals surface area contributed by atoms with Crippen molar-refractivity contribution in [2.24, 2.45) is 0 Å². The highest BCUT2D eigenvalue weighted by Gasteiger charge is 2.48. The van der Waals surface area contributed by atoms with Crippen molar-refractivity contribution in [3.8, 4) is 11.5 Å². The van der Waals surface area contributed by atoms with Crippen LogP contribution in [-0.4, -0.2) is 34.5 Å². The molecule has 0 bridgehead atoms. The second-order valence-electron chi connectivity index (χ2n) is 10.4. The number of Topliss-reactive ketones (excluding diaryl/α,β-unsaturated/α-hetero) is 1. The molecule has 0 aliphatic carbocycles. The van der Waals surface area contributed by atoms with Crippen molar-refractivity contribution >= 4 is 55.7 Å². The van der Waals surface area contributed by atoms with E-state index in [1.807, 2.05) is 37.3 Å². The number of aliphatic hydroxyl groups is 1. The monoisotopic (exact) mass is 588 g/mol. The number of carbonyl (C=O) groups is 2. The summed E-state index contributed by atoms with van der Waals surface area (Å²) >= 11 is 7.47. The second-order valence-corrected chi connectivity index (χ2v) is 11.8. The zero-order valence-electron chi connectivity index (χ0n) is 22.7. The topological polar surface area (TPSA) is 89.0 Å². The van der Waals surface area contributed by atoms with E-state index in [4.69, 9.17) is 21.1 Å². The van der Waals surface area contributed by atoms with Gasteiger partial charge < -0.3 is 14.6 Å². The van der Waals surface area contributed by atoms with Gasteiger partial charge in [-0.15, -0.1) is 0 Å². The molecular weight excluding hydrogens is 560 g/mol. The smallest absolute Gasteiger partial charge is 0.301 e. The van der Waals surface area contributed by atoms with Gasteiger partial charge in [-0.3, -0.25) is 14.5 Å². The number of hydrogen-bond donors (Lipinski definition) is 1. The molecule has 0 saturated carbocycles. The number of ketones is 1. The maximum atomic E-state index is 13.7. The van der Waals surface area contributed by atoms with Crippen LogP contribution in [0.15, 0.2) is 66.2 Å². The molecule has 4 aromatic rings. The van der Waals surface area contributed by atoms with Crippen LogP contribution in [0.2, 0.25) is 5.02 Å². The minimum absolute atomic E-state index is 0.00216. The van der Waals surface area contributed by atoms with E-state index in [0.29, 0.717) is 45.6 Å². The van der Waals surface area contributed by atoms with Crippen molar-refractivity contribution in [3.05, 3.63) is 87.9 Å². The van der Waals surface area contributed by atoms with Gasteiger partial charge in [-0.25, -0.2) is 4.98 Å². The number of halogens is 1. The number of nitrogens with zero attached hydrogens (tertiary/aromatic N) is 2. The molecule has 2 aliphatic rings. The van der Waals surface area contributed by atoms with Gasteiger partial charge in [0.1, 0.15) is 23.4 Å². The van der Waals surface area contributed by atoms with Gasteiger partial charge in [0.05, 0.1) is 28.4 Å². The molecule has 9 heteroatoms. The Morgan fingerprint density at radius 1 is 1.15 bits per heavy atom. The first kappa shape index (κ1) is 27.3. The molecule has 1 fully saturated rings. The maximum absolute atomic E-state index is 13.7. The van der Waals surface area contributed by atoms with Crippen LogP contribution in [0, 0.1) is 0 Å². The molecule has 3 aromatic carbocycles. The van der Waals surface area contributed by atoms with Crippen LogP contribution >= 0.6 is 22.9 Å². The van der Waals surface area contributed by atoms with Crippen molar-refractivity contribution < 1.29 is 24.2 Å². The molecule has 1 amide bonds. The number of rotatable bonds is 8. The number of fused-ring (bicyclic) bond motifs is 2. The van der Waals surface area contributed by atoms with Crippen LogP contribution in [0.4, 0.5) is 5.13 Å². The van der Waals surface area contributed by atoms with Gasteiger partial charge in [0.25, 0.3) is 5.78 Å². The molecule has 6 rings (SSSR count). The van der Waals surface area contributed by atoms with Crippen molar-refractivity contribution in [1.82, 2.24) is 4.98 Å². The van der Waals surface area contributed by atoms with Gasteiger partial charge >= 0.3 is 5.91 Å². The lowest BCUT2D eigenvalue weighted by atomic mass is 9.94. The van der Waals surface area contributed by atoms with Crippen LogP contribution in [0.5, 0.6) is 11.5 Å². The average Bonchev–Trinajstić information content (AvgIpc) is 3.62. The first-order valence-corrected chi connectivity index (χ1v) is 14.9. The number of amides is 1. The van der Waals surface area contributed by atoms with E-state index in [1.54, 1.807) is 30.3 Å². The van der Waals surface area contributed by atoms with E-state index in [2.05, 4.69) is 11.9 Å². The second kappa shape index (κ2) is 11.2. The highest BCUT2D eigenvalue weighted by molar-refractivity contribution is 7.22. The highest BCUT2D eigenvalue weighted by atomic mass is 35.5. The number of aromatic nitrogens is 1. The maximum Gasteiger partial charge on any atom is 0.301 e. The van der Waals surface area contributed by atoms with E-state index in [-0.39, 0.29) is 17.4 Å². The Labute approximate surface area is 247 Å². The molecule has 41 heavy (non-hydrogen) atoms. The molecule has 2 aliphatic heterocycles. The summed E-state index contributed by atoms with van der Waals surface area (Å²) in [4.78, 5) is 33.4. The molecule has 3 heterocycles. The Kier molecular flexibility index (Phi) is 7.45. The zero-order chi connectivity index (χ0) is 28.7. The molecule has 1 saturated heterocycles. The normalized spacial score (nSPS) is 19.5. The van der Waals surface area contributed by atoms with Crippen molar-refractivity contribution in [2.45, 2.75) is 51.7 Å². The predicted molar refractivity (Wildman–Crippen MR) is 161 cm³/mol. The summed E-state index contributed by atoms with van der Waals surface area (Å²) in [5.74, 6) is -0.383. The van der Waals surface area contributed by atoms with Gasteiger partial charge in [-0.2, -0.15) is 0 Å². The number of aliphatic hydroxyl groups excluding tert-OH is 1. The van der Waals surface area contributed by atoms with Gasteiger partial charge in [-0.1, -0.05) is 54.8 Å². The first-order valence-electron chi connectivity index (χ1n) is 13.7. The van der Waals surface area contributed by atoms with Crippen molar-refractivity contribution in [3.63, 3.8) is 0 Å². The van der Waals surface area contributed by atoms with E-state index in [0.717, 1.165) is 35.3 Å². The van der Waals surface area contributed by atoms with Crippen molar-refractivity contribution in [1.29, 1.82) is 0 Å². The Balaban J connectivity index is 1.47. The van der Waals surface area contributed by atoms with E-state index < -0.39 is 17.7 Å². The van der Waals surface area contributed by atoms with Crippen LogP contribution < -0.4 is 14.4 Å². The lowest BCUT2D eigenvalue weighted by molar-refractivity contribution is -0.132. The Bertz CT molecular complexity index is 1700. The molecule has 7 nitrogen and oxygen atoms in total. The lowest BCUT2D eigenvalue weighted by Crippen LogP contribution is -2.29. The molecule has 1 N–H and O–H groups in total. The lowest BCUT2D eigenvalue weighted by Gasteiger charge is -2.23. The Morgan fingerprint density at radius 2 is 2.00 bits per heavy atom. The standard InChI is InChI=1S/C32H29ClN2O5S/c1-3-4-5-13-39-23-8-6-7-19(16-23)28-27(29(36)20-9-12-25-21(15-20)14-18(2)40-25)30(37)31(38)35(28)32-34-24-11-10-22(33)17-26(24)41-32/h6-12,15-18,28,36H,3-5,13-14H2,1-2H3/t18-,28+/m0/s1. The summed E-state index contributed by atoms with van der Waals surface area (Å²) in [6.07, 6.45) is 3.79. The fraction of sp³-hybridized carbons (Fsp3) is 0.281. The molecular formula is C32H29ClN2O5S. The quantitative estimate of drug-likeness (QED) is 0.0994. The minimum Gasteiger partial charge on any atom is -0.507 e. The number of benzene rings is 3. The minimum atomic E-state index is -0.909. The van der Waals surface area contributed by atoms with Gasteiger partial charge in [0.2, 0.25) is 0 Å². The molecule has 1 aromatic heterocycles. The summed E-state index contributed by atoms with van der Waals surface area (Å²) in [7, 11) is 0. The third kappa shape index (κ3) is 5.18. The fourth-order valence-electron chi connectivity index (χ4n) is 5.38. The molecule has 0 spiro atoms. The molecule has 2 atom stereocenters. The molecule has 0 radical (unpaired) electrons. The van der Waals surface area contributed by atoms with Crippen LogP contribution in [-0.2, 0) is 16.0 Å². The van der Waals surface area contributed by atoms with E-state index in [9.17, 15) is 14.7 Å². The van der Waals surface area contributed by atoms with E-state index >= 15 is 0 Å². The number of unbranched alkanes of at least 4 members (excludes halogenated alkanes) is 2. The number of hydrogen-bond acceptors (Lipinski definition) is 7.